The summed E-state index contributed by atoms with van der Waals surface area (Å²) in [5.74, 6) is 0. The van der Waals surface area contributed by atoms with Crippen molar-refractivity contribution in [3.63, 3.8) is 0 Å². The lowest BCUT2D eigenvalue weighted by molar-refractivity contribution is 0.665. The van der Waals surface area contributed by atoms with E-state index in [2.05, 4.69) is 152 Å². The molecule has 11 rings (SSSR count). The summed E-state index contributed by atoms with van der Waals surface area (Å²) in [7, 11) is 0. The molecule has 0 radical (unpaired) electrons. The van der Waals surface area contributed by atoms with Gasteiger partial charge in [0, 0.05) is 21.5 Å². The number of para-hydroxylation sites is 1. The molecule has 222 valence electrons. The Morgan fingerprint density at radius 2 is 0.854 bits per heavy atom. The van der Waals surface area contributed by atoms with E-state index in [1.54, 1.807) is 0 Å². The van der Waals surface area contributed by atoms with Crippen LogP contribution < -0.4 is 0 Å². The third-order valence-electron chi connectivity index (χ3n) is 10.2. The number of benzene rings is 9. The van der Waals surface area contributed by atoms with Gasteiger partial charge in [-0.05, 0) is 78.2 Å². The normalized spacial score (nSPS) is 12.2. The molecule has 0 fully saturated rings. The van der Waals surface area contributed by atoms with Crippen LogP contribution in [0.2, 0.25) is 0 Å². The summed E-state index contributed by atoms with van der Waals surface area (Å²) < 4.78 is 13.4. The van der Waals surface area contributed by atoms with Gasteiger partial charge in [-0.2, -0.15) is 0 Å². The van der Waals surface area contributed by atoms with E-state index in [0.29, 0.717) is 0 Å². The van der Waals surface area contributed by atoms with E-state index in [0.717, 1.165) is 60.2 Å². The van der Waals surface area contributed by atoms with Crippen LogP contribution >= 0.6 is 0 Å². The lowest BCUT2D eigenvalue weighted by atomic mass is 9.84. The maximum absolute atomic E-state index is 6.84. The van der Waals surface area contributed by atoms with Gasteiger partial charge in [0.15, 0.2) is 0 Å². The van der Waals surface area contributed by atoms with Crippen LogP contribution in [0, 0.1) is 0 Å². The molecule has 0 aliphatic carbocycles. The second-order valence-electron chi connectivity index (χ2n) is 12.7. The van der Waals surface area contributed by atoms with Gasteiger partial charge in [-0.1, -0.05) is 140 Å². The number of fused-ring (bicyclic) bond motifs is 13. The van der Waals surface area contributed by atoms with E-state index in [1.807, 2.05) is 6.07 Å². The molecule has 48 heavy (non-hydrogen) atoms. The Labute approximate surface area is 275 Å². The van der Waals surface area contributed by atoms with Gasteiger partial charge in [0.25, 0.3) is 0 Å². The summed E-state index contributed by atoms with van der Waals surface area (Å²) in [5.41, 5.74) is 8.35. The summed E-state index contributed by atoms with van der Waals surface area (Å²) in [5, 5.41) is 14.0. The second-order valence-corrected chi connectivity index (χ2v) is 12.7. The molecule has 0 saturated heterocycles. The lowest BCUT2D eigenvalue weighted by Gasteiger charge is -2.18. The van der Waals surface area contributed by atoms with Crippen molar-refractivity contribution in [1.82, 2.24) is 0 Å². The van der Waals surface area contributed by atoms with Crippen LogP contribution in [0.25, 0.3) is 109 Å². The molecule has 0 aliphatic rings. The maximum atomic E-state index is 6.84. The first-order valence-electron chi connectivity index (χ1n) is 16.4. The molecule has 2 heteroatoms. The van der Waals surface area contributed by atoms with Crippen molar-refractivity contribution in [1.29, 1.82) is 0 Å². The minimum absolute atomic E-state index is 0.854. The van der Waals surface area contributed by atoms with Crippen molar-refractivity contribution >= 4 is 87.0 Å². The zero-order valence-corrected chi connectivity index (χ0v) is 25.8. The molecule has 2 aromatic heterocycles. The van der Waals surface area contributed by atoms with Crippen LogP contribution in [0.15, 0.2) is 167 Å². The summed E-state index contributed by atoms with van der Waals surface area (Å²) in [4.78, 5) is 0. The highest BCUT2D eigenvalue weighted by atomic mass is 16.3. The molecule has 2 nitrogen and oxygen atoms in total. The van der Waals surface area contributed by atoms with Gasteiger partial charge < -0.3 is 8.83 Å². The molecular weight excluding hydrogens is 585 g/mol. The number of hydrogen-bond acceptors (Lipinski definition) is 2. The van der Waals surface area contributed by atoms with Crippen LogP contribution in [-0.4, -0.2) is 0 Å². The summed E-state index contributed by atoms with van der Waals surface area (Å²) in [6.07, 6.45) is 0. The Bertz CT molecular complexity index is 3060. The average molecular weight is 611 g/mol. The fourth-order valence-corrected chi connectivity index (χ4v) is 8.23. The molecule has 0 atom stereocenters. The molecular formula is C46H26O2. The zero-order valence-electron chi connectivity index (χ0n) is 25.8. The minimum Gasteiger partial charge on any atom is -0.455 e. The molecule has 9 aromatic carbocycles. The Balaban J connectivity index is 1.24. The molecule has 2 heterocycles. The van der Waals surface area contributed by atoms with Crippen LogP contribution in [-0.2, 0) is 0 Å². The molecule has 0 unspecified atom stereocenters. The van der Waals surface area contributed by atoms with E-state index in [1.165, 1.54) is 49.0 Å². The van der Waals surface area contributed by atoms with Gasteiger partial charge >= 0.3 is 0 Å². The Morgan fingerprint density at radius 3 is 1.60 bits per heavy atom. The van der Waals surface area contributed by atoms with Crippen LogP contribution in [0.5, 0.6) is 0 Å². The SMILES string of the molecule is c1ccc2c(-c3c4ccccc4c(-c4ccc5c(c4)oc4c6ccccc6c6c7ccccc7oc6c54)c4ccccc34)cccc2c1. The van der Waals surface area contributed by atoms with Crippen molar-refractivity contribution < 1.29 is 8.83 Å². The highest BCUT2D eigenvalue weighted by Gasteiger charge is 2.22. The van der Waals surface area contributed by atoms with Gasteiger partial charge in [-0.25, -0.2) is 0 Å². The first-order valence-corrected chi connectivity index (χ1v) is 16.4. The van der Waals surface area contributed by atoms with Crippen molar-refractivity contribution in [3.8, 4) is 22.3 Å². The summed E-state index contributed by atoms with van der Waals surface area (Å²) in [6, 6.07) is 56.5. The highest BCUT2D eigenvalue weighted by molar-refractivity contribution is 6.34. The number of furan rings is 2. The maximum Gasteiger partial charge on any atom is 0.147 e. The van der Waals surface area contributed by atoms with E-state index < -0.39 is 0 Å². The van der Waals surface area contributed by atoms with Crippen molar-refractivity contribution in [2.24, 2.45) is 0 Å². The van der Waals surface area contributed by atoms with Crippen LogP contribution in [0.1, 0.15) is 0 Å². The predicted molar refractivity (Wildman–Crippen MR) is 202 cm³/mol. The van der Waals surface area contributed by atoms with Crippen molar-refractivity contribution in [3.05, 3.63) is 158 Å². The zero-order chi connectivity index (χ0) is 31.3. The van der Waals surface area contributed by atoms with E-state index in [9.17, 15) is 0 Å². The molecule has 0 spiro atoms. The molecule has 0 N–H and O–H groups in total. The summed E-state index contributed by atoms with van der Waals surface area (Å²) in [6.45, 7) is 0. The second kappa shape index (κ2) is 9.57. The topological polar surface area (TPSA) is 26.3 Å². The highest BCUT2D eigenvalue weighted by Crippen LogP contribution is 2.48. The summed E-state index contributed by atoms with van der Waals surface area (Å²) >= 11 is 0. The minimum atomic E-state index is 0.854. The van der Waals surface area contributed by atoms with E-state index in [-0.39, 0.29) is 0 Å². The number of hydrogen-bond donors (Lipinski definition) is 0. The van der Waals surface area contributed by atoms with E-state index >= 15 is 0 Å². The molecule has 0 bridgehead atoms. The van der Waals surface area contributed by atoms with Crippen molar-refractivity contribution in [2.75, 3.05) is 0 Å². The quantitative estimate of drug-likeness (QED) is 0.182. The first-order chi connectivity index (χ1) is 23.8. The monoisotopic (exact) mass is 610 g/mol. The van der Waals surface area contributed by atoms with Gasteiger partial charge in [-0.3, -0.25) is 0 Å². The molecule has 0 amide bonds. The van der Waals surface area contributed by atoms with Crippen molar-refractivity contribution in [2.45, 2.75) is 0 Å². The van der Waals surface area contributed by atoms with Gasteiger partial charge in [0.05, 0.1) is 5.39 Å². The van der Waals surface area contributed by atoms with E-state index in [4.69, 9.17) is 8.83 Å². The number of rotatable bonds is 2. The Hall–Kier alpha value is -6.38. The molecule has 11 aromatic rings. The largest absolute Gasteiger partial charge is 0.455 e. The predicted octanol–water partition coefficient (Wildman–Crippen LogP) is 13.4. The molecule has 0 aliphatic heterocycles. The Morgan fingerprint density at radius 1 is 0.312 bits per heavy atom. The average Bonchev–Trinajstić information content (AvgIpc) is 3.73. The lowest BCUT2D eigenvalue weighted by Crippen LogP contribution is -1.91. The standard InChI is InChI=1S/C46H26O2/c1-2-14-29-27(12-1)13-11-22-30(29)42-33-17-5-3-15-31(33)41(32-16-4-6-18-34(32)42)28-24-25-38-40(26-28)48-45-36-20-8-7-19-35(36)43-37-21-9-10-23-39(37)47-46(43)44(38)45/h1-26H. The smallest absolute Gasteiger partial charge is 0.147 e. The van der Waals surface area contributed by atoms with Crippen LogP contribution in [0.4, 0.5) is 0 Å². The first kappa shape index (κ1) is 25.8. The fraction of sp³-hybridized carbons (Fsp3) is 0. The fourth-order valence-electron chi connectivity index (χ4n) is 8.23. The Kier molecular flexibility index (Phi) is 5.14. The van der Waals surface area contributed by atoms with Gasteiger partial charge in [0.1, 0.15) is 22.3 Å². The van der Waals surface area contributed by atoms with Gasteiger partial charge in [0.2, 0.25) is 0 Å². The van der Waals surface area contributed by atoms with Gasteiger partial charge in [-0.15, -0.1) is 0 Å². The van der Waals surface area contributed by atoms with Crippen LogP contribution in [0.3, 0.4) is 0 Å². The third kappa shape index (κ3) is 3.41. The molecule has 0 saturated carbocycles. The third-order valence-corrected chi connectivity index (χ3v) is 10.2.